The number of carbonyl (C=O) groups excluding carboxylic acids is 2. The molecular weight excluding hydrogens is 468 g/mol. The van der Waals surface area contributed by atoms with E-state index in [0.717, 1.165) is 59.5 Å². The highest BCUT2D eigenvalue weighted by Crippen LogP contribution is 2.47. The molecule has 0 bridgehead atoms. The molecule has 37 heavy (non-hydrogen) atoms. The molecule has 0 saturated carbocycles. The monoisotopic (exact) mass is 500 g/mol. The van der Waals surface area contributed by atoms with Crippen molar-refractivity contribution in [1.29, 1.82) is 0 Å². The van der Waals surface area contributed by atoms with Gasteiger partial charge in [0.15, 0.2) is 0 Å². The number of benzene rings is 2. The fourth-order valence-electron chi connectivity index (χ4n) is 6.27. The van der Waals surface area contributed by atoms with Gasteiger partial charge in [-0.05, 0) is 54.8 Å². The van der Waals surface area contributed by atoms with Crippen LogP contribution in [0.3, 0.4) is 0 Å². The number of phenols is 1. The summed E-state index contributed by atoms with van der Waals surface area (Å²) in [6, 6.07) is 12.3. The molecule has 0 unspecified atom stereocenters. The van der Waals surface area contributed by atoms with Gasteiger partial charge in [-0.3, -0.25) is 14.5 Å². The van der Waals surface area contributed by atoms with E-state index in [2.05, 4.69) is 22.0 Å². The number of aromatic nitrogens is 1. The van der Waals surface area contributed by atoms with E-state index in [-0.39, 0.29) is 24.1 Å². The van der Waals surface area contributed by atoms with Crippen molar-refractivity contribution in [3.63, 3.8) is 0 Å². The summed E-state index contributed by atoms with van der Waals surface area (Å²) in [4.78, 5) is 37.3. The van der Waals surface area contributed by atoms with Gasteiger partial charge in [0.05, 0.1) is 19.7 Å². The van der Waals surface area contributed by atoms with Crippen LogP contribution in [0, 0.1) is 0 Å². The SMILES string of the molecule is COc1ccc2[nH]c3c(c2c1)C[C@@]1(C)C(=O)N(CCCN2CC=CC2)CC(=O)N1[C@@H]3c1cccc(O)c1. The second-order valence-corrected chi connectivity index (χ2v) is 10.5. The van der Waals surface area contributed by atoms with Crippen molar-refractivity contribution in [2.24, 2.45) is 0 Å². The molecular formula is C29H32N4O4. The highest BCUT2D eigenvalue weighted by molar-refractivity contribution is 6.00. The number of phenolic OH excluding ortho intramolecular Hbond substituents is 1. The van der Waals surface area contributed by atoms with Gasteiger partial charge < -0.3 is 24.6 Å². The first-order valence-corrected chi connectivity index (χ1v) is 12.9. The summed E-state index contributed by atoms with van der Waals surface area (Å²) in [5, 5.41) is 11.3. The number of amides is 2. The van der Waals surface area contributed by atoms with Crippen molar-refractivity contribution in [3.05, 3.63) is 71.4 Å². The largest absolute Gasteiger partial charge is 0.508 e. The summed E-state index contributed by atoms with van der Waals surface area (Å²) in [6.45, 7) is 5.28. The fraction of sp³-hybridized carbons (Fsp3) is 0.379. The summed E-state index contributed by atoms with van der Waals surface area (Å²) < 4.78 is 5.49. The molecule has 6 rings (SSSR count). The summed E-state index contributed by atoms with van der Waals surface area (Å²) in [5.74, 6) is 0.748. The van der Waals surface area contributed by atoms with Crippen molar-refractivity contribution >= 4 is 22.7 Å². The standard InChI is InChI=1S/C29H32N4O4/c1-29-17-23-22-16-21(37-2)9-10-24(22)30-26(23)27(19-7-5-8-20(34)15-19)33(29)25(35)18-32(28(29)36)14-6-13-31-11-3-4-12-31/h3-5,7-10,15-16,27,30,34H,6,11-14,17-18H2,1-2H3/t27-,29+/m1/s1. The van der Waals surface area contributed by atoms with E-state index in [1.807, 2.05) is 31.2 Å². The van der Waals surface area contributed by atoms with Crippen LogP contribution in [0.15, 0.2) is 54.6 Å². The van der Waals surface area contributed by atoms with Gasteiger partial charge in [0.2, 0.25) is 11.8 Å². The molecule has 2 amide bonds. The van der Waals surface area contributed by atoms with E-state index >= 15 is 0 Å². The summed E-state index contributed by atoms with van der Waals surface area (Å²) in [5.41, 5.74) is 2.53. The zero-order valence-electron chi connectivity index (χ0n) is 21.2. The Morgan fingerprint density at radius 1 is 1.11 bits per heavy atom. The lowest BCUT2D eigenvalue weighted by molar-refractivity contribution is -0.167. The molecule has 3 aliphatic rings. The number of fused-ring (bicyclic) bond motifs is 4. The molecule has 2 N–H and O–H groups in total. The first-order valence-electron chi connectivity index (χ1n) is 12.9. The topological polar surface area (TPSA) is 89.1 Å². The highest BCUT2D eigenvalue weighted by atomic mass is 16.5. The normalized spacial score (nSPS) is 23.6. The third-order valence-corrected chi connectivity index (χ3v) is 8.06. The van der Waals surface area contributed by atoms with Crippen LogP contribution in [0.4, 0.5) is 0 Å². The van der Waals surface area contributed by atoms with E-state index in [0.29, 0.717) is 13.0 Å². The lowest BCUT2D eigenvalue weighted by Crippen LogP contribution is -2.69. The zero-order valence-corrected chi connectivity index (χ0v) is 21.2. The Balaban J connectivity index is 1.41. The third-order valence-electron chi connectivity index (χ3n) is 8.06. The molecule has 3 aliphatic heterocycles. The predicted molar refractivity (Wildman–Crippen MR) is 141 cm³/mol. The Bertz CT molecular complexity index is 1400. The summed E-state index contributed by atoms with van der Waals surface area (Å²) in [6.07, 6.45) is 5.54. The molecule has 1 saturated heterocycles. The Kier molecular flexibility index (Phi) is 5.71. The molecule has 0 spiro atoms. The smallest absolute Gasteiger partial charge is 0.249 e. The molecule has 8 heteroatoms. The molecule has 2 aromatic carbocycles. The Morgan fingerprint density at radius 3 is 2.68 bits per heavy atom. The average Bonchev–Trinajstić information content (AvgIpc) is 3.53. The van der Waals surface area contributed by atoms with Crippen molar-refractivity contribution < 1.29 is 19.4 Å². The van der Waals surface area contributed by atoms with Crippen LogP contribution in [-0.4, -0.2) is 82.0 Å². The van der Waals surface area contributed by atoms with Gasteiger partial charge in [-0.15, -0.1) is 0 Å². The molecule has 0 radical (unpaired) electrons. The van der Waals surface area contributed by atoms with E-state index in [1.165, 1.54) is 0 Å². The van der Waals surface area contributed by atoms with Gasteiger partial charge in [-0.1, -0.05) is 24.3 Å². The van der Waals surface area contributed by atoms with Crippen molar-refractivity contribution in [2.45, 2.75) is 31.3 Å². The maximum atomic E-state index is 14.1. The van der Waals surface area contributed by atoms with E-state index in [1.54, 1.807) is 35.1 Å². The lowest BCUT2D eigenvalue weighted by atomic mass is 9.78. The summed E-state index contributed by atoms with van der Waals surface area (Å²) in [7, 11) is 1.64. The number of nitrogens with one attached hydrogen (secondary N) is 1. The third kappa shape index (κ3) is 3.87. The molecule has 1 fully saturated rings. The van der Waals surface area contributed by atoms with Crippen molar-refractivity contribution in [2.75, 3.05) is 39.8 Å². The van der Waals surface area contributed by atoms with Crippen molar-refractivity contribution in [3.8, 4) is 11.5 Å². The fourth-order valence-corrected chi connectivity index (χ4v) is 6.27. The zero-order chi connectivity index (χ0) is 25.7. The summed E-state index contributed by atoms with van der Waals surface area (Å²) >= 11 is 0. The molecule has 8 nitrogen and oxygen atoms in total. The number of methoxy groups -OCH3 is 1. The second kappa shape index (κ2) is 8.95. The number of nitrogens with zero attached hydrogens (tertiary/aromatic N) is 3. The predicted octanol–water partition coefficient (Wildman–Crippen LogP) is 3.22. The van der Waals surface area contributed by atoms with Crippen LogP contribution < -0.4 is 4.74 Å². The number of hydrogen-bond acceptors (Lipinski definition) is 5. The van der Waals surface area contributed by atoms with Gasteiger partial charge in [0.1, 0.15) is 17.0 Å². The van der Waals surface area contributed by atoms with Crippen LogP contribution in [0.25, 0.3) is 10.9 Å². The van der Waals surface area contributed by atoms with Crippen LogP contribution in [0.2, 0.25) is 0 Å². The number of hydrogen-bond donors (Lipinski definition) is 2. The lowest BCUT2D eigenvalue weighted by Gasteiger charge is -2.53. The molecule has 0 aliphatic carbocycles. The van der Waals surface area contributed by atoms with E-state index in [4.69, 9.17) is 4.74 Å². The Labute approximate surface area is 216 Å². The Hall–Kier alpha value is -3.78. The number of piperazine rings is 1. The van der Waals surface area contributed by atoms with E-state index in [9.17, 15) is 14.7 Å². The highest BCUT2D eigenvalue weighted by Gasteiger charge is 2.55. The maximum absolute atomic E-state index is 14.1. The number of H-pyrrole nitrogens is 1. The number of rotatable bonds is 6. The van der Waals surface area contributed by atoms with Gasteiger partial charge in [0, 0.05) is 49.2 Å². The van der Waals surface area contributed by atoms with Crippen LogP contribution in [-0.2, 0) is 16.0 Å². The molecule has 4 heterocycles. The number of carbonyl (C=O) groups is 2. The second-order valence-electron chi connectivity index (χ2n) is 10.5. The van der Waals surface area contributed by atoms with Gasteiger partial charge in [-0.25, -0.2) is 0 Å². The minimum atomic E-state index is -1.05. The molecule has 192 valence electrons. The first kappa shape index (κ1) is 23.6. The minimum absolute atomic E-state index is 0.0281. The molecule has 1 aromatic heterocycles. The Morgan fingerprint density at radius 2 is 1.92 bits per heavy atom. The quantitative estimate of drug-likeness (QED) is 0.508. The number of aromatic hydroxyl groups is 1. The maximum Gasteiger partial charge on any atom is 0.249 e. The van der Waals surface area contributed by atoms with Crippen LogP contribution >= 0.6 is 0 Å². The number of ether oxygens (including phenoxy) is 1. The number of aromatic amines is 1. The molecule has 2 atom stereocenters. The van der Waals surface area contributed by atoms with Gasteiger partial charge >= 0.3 is 0 Å². The minimum Gasteiger partial charge on any atom is -0.508 e. The van der Waals surface area contributed by atoms with Gasteiger partial charge in [-0.2, -0.15) is 0 Å². The van der Waals surface area contributed by atoms with Crippen LogP contribution in [0.1, 0.15) is 36.2 Å². The van der Waals surface area contributed by atoms with Crippen molar-refractivity contribution in [1.82, 2.24) is 19.7 Å². The van der Waals surface area contributed by atoms with E-state index < -0.39 is 11.6 Å². The molecule has 3 aromatic rings. The van der Waals surface area contributed by atoms with Gasteiger partial charge in [0.25, 0.3) is 0 Å². The average molecular weight is 501 g/mol. The first-order chi connectivity index (χ1) is 17.9. The van der Waals surface area contributed by atoms with Crippen LogP contribution in [0.5, 0.6) is 11.5 Å².